The lowest BCUT2D eigenvalue weighted by molar-refractivity contribution is 0.470. The lowest BCUT2D eigenvalue weighted by atomic mass is 10.0. The Balaban J connectivity index is 1.56. The second-order valence-electron chi connectivity index (χ2n) is 8.47. The average molecular weight is 428 g/mol. The Bertz CT molecular complexity index is 1400. The number of phenols is 1. The van der Waals surface area contributed by atoms with Crippen molar-refractivity contribution in [2.24, 2.45) is 0 Å². The number of nitrogens with zero attached hydrogens (tertiary/aromatic N) is 4. The van der Waals surface area contributed by atoms with E-state index in [-0.39, 0.29) is 17.1 Å². The van der Waals surface area contributed by atoms with Gasteiger partial charge in [-0.25, -0.2) is 9.37 Å². The lowest BCUT2D eigenvalue weighted by Gasteiger charge is -2.17. The van der Waals surface area contributed by atoms with Crippen molar-refractivity contribution in [2.45, 2.75) is 38.3 Å². The molecule has 2 heterocycles. The van der Waals surface area contributed by atoms with E-state index in [0.717, 1.165) is 35.1 Å². The van der Waals surface area contributed by atoms with Crippen LogP contribution < -0.4 is 5.56 Å². The Morgan fingerprint density at radius 2 is 1.97 bits per heavy atom. The quantitative estimate of drug-likeness (QED) is 0.457. The largest absolute Gasteiger partial charge is 0.508 e. The summed E-state index contributed by atoms with van der Waals surface area (Å²) < 4.78 is 17.5. The van der Waals surface area contributed by atoms with Gasteiger partial charge >= 0.3 is 0 Å². The van der Waals surface area contributed by atoms with Crippen LogP contribution in [0.5, 0.6) is 5.75 Å². The number of fused-ring (bicyclic) bond motifs is 3. The molecule has 0 aliphatic heterocycles. The zero-order chi connectivity index (χ0) is 21.8. The van der Waals surface area contributed by atoms with Crippen molar-refractivity contribution in [3.8, 4) is 28.3 Å². The molecule has 6 rings (SSSR count). The fourth-order valence-corrected chi connectivity index (χ4v) is 4.68. The van der Waals surface area contributed by atoms with Crippen molar-refractivity contribution in [3.05, 3.63) is 87.9 Å². The number of rotatable bonds is 5. The molecule has 0 amide bonds. The Hall–Kier alpha value is -3.74. The van der Waals surface area contributed by atoms with Gasteiger partial charge in [-0.3, -0.25) is 14.0 Å². The maximum absolute atomic E-state index is 14.1. The van der Waals surface area contributed by atoms with E-state index >= 15 is 0 Å². The number of phenolic OH excluding ortho intramolecular Hbond substituents is 1. The first-order valence-electron chi connectivity index (χ1n) is 10.8. The SMILES string of the molecule is O=c1c2c(nc(-c3ccc(F)cc3C3CC3)n1CCn1cccn1)Cc1c(O)cccc1-2. The van der Waals surface area contributed by atoms with E-state index in [1.165, 1.54) is 6.07 Å². The van der Waals surface area contributed by atoms with Gasteiger partial charge < -0.3 is 5.11 Å². The average Bonchev–Trinajstić information content (AvgIpc) is 3.36. The van der Waals surface area contributed by atoms with Crippen molar-refractivity contribution in [3.63, 3.8) is 0 Å². The van der Waals surface area contributed by atoms with Crippen LogP contribution in [0.4, 0.5) is 4.39 Å². The molecule has 6 nitrogen and oxygen atoms in total. The summed E-state index contributed by atoms with van der Waals surface area (Å²) in [5, 5.41) is 14.6. The summed E-state index contributed by atoms with van der Waals surface area (Å²) in [4.78, 5) is 18.7. The summed E-state index contributed by atoms with van der Waals surface area (Å²) in [5.41, 5.74) is 4.21. The number of aromatic nitrogens is 4. The number of aryl methyl sites for hydroxylation is 1. The van der Waals surface area contributed by atoms with Crippen molar-refractivity contribution >= 4 is 0 Å². The first kappa shape index (κ1) is 19.0. The highest BCUT2D eigenvalue weighted by Gasteiger charge is 2.31. The molecule has 0 saturated heterocycles. The van der Waals surface area contributed by atoms with Gasteiger partial charge in [-0.2, -0.15) is 5.10 Å². The third kappa shape index (κ3) is 3.04. The predicted octanol–water partition coefficient (Wildman–Crippen LogP) is 4.10. The summed E-state index contributed by atoms with van der Waals surface area (Å²) >= 11 is 0. The van der Waals surface area contributed by atoms with Crippen LogP contribution in [0, 0.1) is 5.82 Å². The van der Waals surface area contributed by atoms with Gasteiger partial charge in [0.15, 0.2) is 0 Å². The summed E-state index contributed by atoms with van der Waals surface area (Å²) in [5.74, 6) is 0.742. The summed E-state index contributed by atoms with van der Waals surface area (Å²) in [6.07, 6.45) is 5.98. The van der Waals surface area contributed by atoms with Gasteiger partial charge in [-0.15, -0.1) is 0 Å². The maximum atomic E-state index is 14.1. The summed E-state index contributed by atoms with van der Waals surface area (Å²) in [6, 6.07) is 11.8. The van der Waals surface area contributed by atoms with Gasteiger partial charge in [-0.1, -0.05) is 12.1 Å². The molecule has 32 heavy (non-hydrogen) atoms. The number of hydrogen-bond acceptors (Lipinski definition) is 4. The molecule has 1 N–H and O–H groups in total. The third-order valence-electron chi connectivity index (χ3n) is 6.39. The Morgan fingerprint density at radius 1 is 1.09 bits per heavy atom. The highest BCUT2D eigenvalue weighted by atomic mass is 19.1. The fraction of sp³-hybridized carbons (Fsp3) is 0.240. The predicted molar refractivity (Wildman–Crippen MR) is 118 cm³/mol. The number of hydrogen-bond donors (Lipinski definition) is 1. The Kier molecular flexibility index (Phi) is 4.24. The molecule has 2 aliphatic rings. The smallest absolute Gasteiger partial charge is 0.262 e. The highest BCUT2D eigenvalue weighted by molar-refractivity contribution is 5.78. The van der Waals surface area contributed by atoms with Gasteiger partial charge in [-0.05, 0) is 60.2 Å². The first-order chi connectivity index (χ1) is 15.6. The molecule has 0 radical (unpaired) electrons. The molecule has 1 fully saturated rings. The molecule has 0 unspecified atom stereocenters. The first-order valence-corrected chi connectivity index (χ1v) is 10.8. The topological polar surface area (TPSA) is 72.9 Å². The molecule has 2 aromatic carbocycles. The maximum Gasteiger partial charge on any atom is 0.262 e. The Labute approximate surface area is 183 Å². The van der Waals surface area contributed by atoms with Crippen LogP contribution in [0.25, 0.3) is 22.5 Å². The third-order valence-corrected chi connectivity index (χ3v) is 6.39. The molecular weight excluding hydrogens is 407 g/mol. The zero-order valence-corrected chi connectivity index (χ0v) is 17.3. The van der Waals surface area contributed by atoms with Crippen molar-refractivity contribution in [2.75, 3.05) is 0 Å². The van der Waals surface area contributed by atoms with Crippen LogP contribution >= 0.6 is 0 Å². The van der Waals surface area contributed by atoms with Crippen molar-refractivity contribution in [1.29, 1.82) is 0 Å². The number of benzene rings is 2. The summed E-state index contributed by atoms with van der Waals surface area (Å²) in [6.45, 7) is 0.888. The molecule has 0 spiro atoms. The minimum absolute atomic E-state index is 0.146. The number of halogens is 1. The molecule has 2 aromatic heterocycles. The van der Waals surface area contributed by atoms with Gasteiger partial charge in [0.05, 0.1) is 17.8 Å². The van der Waals surface area contributed by atoms with E-state index in [0.29, 0.717) is 42.5 Å². The van der Waals surface area contributed by atoms with Crippen LogP contribution in [0.2, 0.25) is 0 Å². The van der Waals surface area contributed by atoms with E-state index in [4.69, 9.17) is 4.98 Å². The second-order valence-corrected chi connectivity index (χ2v) is 8.47. The van der Waals surface area contributed by atoms with Crippen LogP contribution in [0.15, 0.2) is 59.7 Å². The molecule has 7 heteroatoms. The highest BCUT2D eigenvalue weighted by Crippen LogP contribution is 2.45. The van der Waals surface area contributed by atoms with E-state index in [9.17, 15) is 14.3 Å². The second kappa shape index (κ2) is 7.15. The van der Waals surface area contributed by atoms with Crippen LogP contribution in [-0.4, -0.2) is 24.4 Å². The van der Waals surface area contributed by atoms with E-state index in [2.05, 4.69) is 5.10 Å². The number of aromatic hydroxyl groups is 1. The van der Waals surface area contributed by atoms with Gasteiger partial charge in [0.25, 0.3) is 5.56 Å². The van der Waals surface area contributed by atoms with Crippen LogP contribution in [-0.2, 0) is 19.5 Å². The summed E-state index contributed by atoms with van der Waals surface area (Å²) in [7, 11) is 0. The normalized spacial score (nSPS) is 14.4. The molecular formula is C25H21FN4O2. The molecule has 1 saturated carbocycles. The van der Waals surface area contributed by atoms with E-state index in [1.807, 2.05) is 18.3 Å². The molecule has 0 bridgehead atoms. The molecule has 0 atom stereocenters. The van der Waals surface area contributed by atoms with E-state index in [1.54, 1.807) is 39.7 Å². The van der Waals surface area contributed by atoms with Crippen LogP contribution in [0.3, 0.4) is 0 Å². The molecule has 4 aromatic rings. The fourth-order valence-electron chi connectivity index (χ4n) is 4.68. The molecule has 160 valence electrons. The van der Waals surface area contributed by atoms with Crippen molar-refractivity contribution < 1.29 is 9.50 Å². The Morgan fingerprint density at radius 3 is 2.75 bits per heavy atom. The minimum atomic E-state index is -0.278. The van der Waals surface area contributed by atoms with Gasteiger partial charge in [0, 0.05) is 36.5 Å². The van der Waals surface area contributed by atoms with Gasteiger partial charge in [0.1, 0.15) is 17.4 Å². The zero-order valence-electron chi connectivity index (χ0n) is 17.3. The monoisotopic (exact) mass is 428 g/mol. The minimum Gasteiger partial charge on any atom is -0.508 e. The standard InChI is InChI=1S/C25H21FN4O2/c26-16-7-8-18(19(13-16)15-5-6-15)24-28-21-14-20-17(3-1-4-22(20)31)23(21)25(32)30(24)12-11-29-10-2-9-27-29/h1-4,7-10,13,15,31H,5-6,11-12,14H2. The van der Waals surface area contributed by atoms with E-state index < -0.39 is 0 Å². The van der Waals surface area contributed by atoms with Crippen molar-refractivity contribution in [1.82, 2.24) is 19.3 Å². The lowest BCUT2D eigenvalue weighted by Crippen LogP contribution is -2.27. The molecule has 2 aliphatic carbocycles. The van der Waals surface area contributed by atoms with Crippen LogP contribution in [0.1, 0.15) is 35.6 Å². The van der Waals surface area contributed by atoms with Gasteiger partial charge in [0.2, 0.25) is 0 Å².